The van der Waals surface area contributed by atoms with Crippen LogP contribution in [0, 0.1) is 5.92 Å². The van der Waals surface area contributed by atoms with Crippen molar-refractivity contribution in [3.05, 3.63) is 63.8 Å². The van der Waals surface area contributed by atoms with Gasteiger partial charge in [-0.15, -0.1) is 0 Å². The van der Waals surface area contributed by atoms with Gasteiger partial charge in [-0.1, -0.05) is 11.6 Å². The van der Waals surface area contributed by atoms with Crippen molar-refractivity contribution in [1.82, 2.24) is 34.7 Å². The summed E-state index contributed by atoms with van der Waals surface area (Å²) in [5.41, 5.74) is -1.56. The van der Waals surface area contributed by atoms with E-state index in [-0.39, 0.29) is 21.7 Å². The molecule has 1 saturated carbocycles. The van der Waals surface area contributed by atoms with Gasteiger partial charge in [-0.3, -0.25) is 0 Å². The van der Waals surface area contributed by atoms with Crippen LogP contribution in [-0.2, 0) is 6.18 Å². The second kappa shape index (κ2) is 8.35. The van der Waals surface area contributed by atoms with Gasteiger partial charge >= 0.3 is 11.9 Å². The molecule has 5 rings (SSSR count). The highest BCUT2D eigenvalue weighted by Gasteiger charge is 2.35. The minimum absolute atomic E-state index is 0.0884. The van der Waals surface area contributed by atoms with E-state index in [0.29, 0.717) is 24.2 Å². The molecule has 4 aromatic rings. The van der Waals surface area contributed by atoms with Crippen molar-refractivity contribution in [1.29, 1.82) is 0 Å². The van der Waals surface area contributed by atoms with Gasteiger partial charge in [0, 0.05) is 24.3 Å². The van der Waals surface area contributed by atoms with Crippen LogP contribution in [0.1, 0.15) is 37.2 Å². The summed E-state index contributed by atoms with van der Waals surface area (Å²) >= 11 is 6.16. The third kappa shape index (κ3) is 4.20. The first-order chi connectivity index (χ1) is 16.2. The maximum absolute atomic E-state index is 13.6. The number of nitrogens with one attached hydrogen (secondary N) is 1. The predicted octanol–water partition coefficient (Wildman–Crippen LogP) is 3.94. The number of H-pyrrole nitrogens is 1. The fourth-order valence-electron chi connectivity index (χ4n) is 3.82. The standard InChI is InChI=1S/C21H18ClF3N8O/c1-11(17-28-10-29-33(17)19-26-5-2-6-27-19)32(9-12-3-4-12)18-14-7-13(21(23,24)25)8-15(22)16(14)30-20(34)31-18/h2,5-8,10-12H,3-4,9H2,1H3,(H,30,31,34). The molecule has 176 valence electrons. The second-order valence-corrected chi connectivity index (χ2v) is 8.50. The van der Waals surface area contributed by atoms with Crippen LogP contribution in [-0.4, -0.2) is 41.2 Å². The van der Waals surface area contributed by atoms with Gasteiger partial charge in [0.15, 0.2) is 5.82 Å². The van der Waals surface area contributed by atoms with E-state index in [1.165, 1.54) is 11.0 Å². The van der Waals surface area contributed by atoms with Crippen LogP contribution in [0.4, 0.5) is 19.0 Å². The molecule has 9 nitrogen and oxygen atoms in total. The zero-order valence-corrected chi connectivity index (χ0v) is 18.5. The number of rotatable bonds is 6. The molecule has 0 spiro atoms. The maximum Gasteiger partial charge on any atom is 0.416 e. The number of benzene rings is 1. The Balaban J connectivity index is 1.68. The summed E-state index contributed by atoms with van der Waals surface area (Å²) in [7, 11) is 0. The quantitative estimate of drug-likeness (QED) is 0.436. The maximum atomic E-state index is 13.6. The van der Waals surface area contributed by atoms with Gasteiger partial charge in [0.25, 0.3) is 5.95 Å². The third-order valence-electron chi connectivity index (χ3n) is 5.68. The molecule has 1 aliphatic rings. The summed E-state index contributed by atoms with van der Waals surface area (Å²) in [4.78, 5) is 33.5. The van der Waals surface area contributed by atoms with Gasteiger partial charge in [0.2, 0.25) is 0 Å². The van der Waals surface area contributed by atoms with Crippen LogP contribution < -0.4 is 10.6 Å². The van der Waals surface area contributed by atoms with E-state index in [4.69, 9.17) is 11.6 Å². The van der Waals surface area contributed by atoms with Gasteiger partial charge in [-0.2, -0.15) is 27.9 Å². The fraction of sp³-hybridized carbons (Fsp3) is 0.333. The molecule has 0 amide bonds. The van der Waals surface area contributed by atoms with Crippen LogP contribution in [0.2, 0.25) is 5.02 Å². The molecule has 0 radical (unpaired) electrons. The summed E-state index contributed by atoms with van der Waals surface area (Å²) < 4.78 is 42.1. The van der Waals surface area contributed by atoms with Crippen molar-refractivity contribution in [2.24, 2.45) is 5.92 Å². The number of hydrogen-bond donors (Lipinski definition) is 1. The van der Waals surface area contributed by atoms with E-state index in [1.54, 1.807) is 23.4 Å². The Morgan fingerprint density at radius 3 is 2.65 bits per heavy atom. The molecular formula is C21H18ClF3N8O. The van der Waals surface area contributed by atoms with Gasteiger partial charge < -0.3 is 9.88 Å². The first-order valence-corrected chi connectivity index (χ1v) is 10.8. The summed E-state index contributed by atoms with van der Waals surface area (Å²) in [6, 6.07) is 2.88. The minimum atomic E-state index is -4.62. The number of hydrogen-bond acceptors (Lipinski definition) is 7. The largest absolute Gasteiger partial charge is 0.416 e. The lowest BCUT2D eigenvalue weighted by atomic mass is 10.1. The smallest absolute Gasteiger partial charge is 0.346 e. The molecule has 0 saturated heterocycles. The number of aromatic amines is 1. The number of nitrogens with zero attached hydrogens (tertiary/aromatic N) is 7. The molecule has 0 bridgehead atoms. The minimum Gasteiger partial charge on any atom is -0.346 e. The monoisotopic (exact) mass is 490 g/mol. The number of halogens is 4. The van der Waals surface area contributed by atoms with Gasteiger partial charge in [-0.25, -0.2) is 19.7 Å². The zero-order chi connectivity index (χ0) is 24.0. The lowest BCUT2D eigenvalue weighted by molar-refractivity contribution is -0.137. The number of anilines is 1. The highest BCUT2D eigenvalue weighted by atomic mass is 35.5. The third-order valence-corrected chi connectivity index (χ3v) is 5.98. The first-order valence-electron chi connectivity index (χ1n) is 10.5. The Hall–Kier alpha value is -3.54. The van der Waals surface area contributed by atoms with Crippen molar-refractivity contribution in [3.8, 4) is 5.95 Å². The second-order valence-electron chi connectivity index (χ2n) is 8.09. The summed E-state index contributed by atoms with van der Waals surface area (Å²) in [5, 5.41) is 4.09. The predicted molar refractivity (Wildman–Crippen MR) is 118 cm³/mol. The Labute approximate surface area is 195 Å². The Morgan fingerprint density at radius 2 is 1.97 bits per heavy atom. The van der Waals surface area contributed by atoms with Crippen molar-refractivity contribution in [3.63, 3.8) is 0 Å². The molecule has 0 aliphatic heterocycles. The lowest BCUT2D eigenvalue weighted by Crippen LogP contribution is -2.33. The molecule has 1 aromatic carbocycles. The first kappa shape index (κ1) is 22.3. The molecule has 1 aliphatic carbocycles. The zero-order valence-electron chi connectivity index (χ0n) is 17.8. The van der Waals surface area contributed by atoms with Crippen molar-refractivity contribution in [2.45, 2.75) is 32.0 Å². The highest BCUT2D eigenvalue weighted by Crippen LogP contribution is 2.40. The Bertz CT molecular complexity index is 1400. The Kier molecular flexibility index (Phi) is 5.47. The van der Waals surface area contributed by atoms with E-state index in [0.717, 1.165) is 25.0 Å². The normalized spacial score (nSPS) is 15.0. The van der Waals surface area contributed by atoms with Crippen molar-refractivity contribution in [2.75, 3.05) is 11.4 Å². The number of fused-ring (bicyclic) bond motifs is 1. The number of alkyl halides is 3. The van der Waals surface area contributed by atoms with Crippen LogP contribution in [0.3, 0.4) is 0 Å². The van der Waals surface area contributed by atoms with Crippen LogP contribution in [0.15, 0.2) is 41.7 Å². The summed E-state index contributed by atoms with van der Waals surface area (Å²) in [5.74, 6) is 1.14. The SMILES string of the molecule is CC(c1ncnn1-c1ncccn1)N(CC1CC1)c1nc(=O)[nH]c2c(Cl)cc(C(F)(F)F)cc12. The van der Waals surface area contributed by atoms with Gasteiger partial charge in [0.1, 0.15) is 12.1 Å². The lowest BCUT2D eigenvalue weighted by Gasteiger charge is -2.30. The highest BCUT2D eigenvalue weighted by molar-refractivity contribution is 6.35. The average Bonchev–Trinajstić information content (AvgIpc) is 3.49. The molecule has 3 heterocycles. The van der Waals surface area contributed by atoms with Crippen LogP contribution in [0.25, 0.3) is 16.9 Å². The van der Waals surface area contributed by atoms with Crippen LogP contribution >= 0.6 is 11.6 Å². The molecule has 1 unspecified atom stereocenters. The molecule has 34 heavy (non-hydrogen) atoms. The van der Waals surface area contributed by atoms with E-state index in [2.05, 4.69) is 30.0 Å². The number of aromatic nitrogens is 7. The van der Waals surface area contributed by atoms with Gasteiger partial charge in [-0.05, 0) is 43.9 Å². The summed E-state index contributed by atoms with van der Waals surface area (Å²) in [6.45, 7) is 2.28. The van der Waals surface area contributed by atoms with E-state index < -0.39 is 23.5 Å². The molecule has 1 N–H and O–H groups in total. The topological polar surface area (TPSA) is 105 Å². The molecule has 1 fully saturated rings. The van der Waals surface area contributed by atoms with E-state index in [9.17, 15) is 18.0 Å². The fourth-order valence-corrected chi connectivity index (χ4v) is 4.09. The molecule has 1 atom stereocenters. The van der Waals surface area contributed by atoms with E-state index >= 15 is 0 Å². The average molecular weight is 491 g/mol. The molecule has 3 aromatic heterocycles. The van der Waals surface area contributed by atoms with Gasteiger partial charge in [0.05, 0.1) is 22.1 Å². The van der Waals surface area contributed by atoms with Crippen molar-refractivity contribution < 1.29 is 13.2 Å². The van der Waals surface area contributed by atoms with Crippen LogP contribution in [0.5, 0.6) is 0 Å². The Morgan fingerprint density at radius 1 is 1.24 bits per heavy atom. The molecular weight excluding hydrogens is 473 g/mol. The molecule has 13 heteroatoms. The van der Waals surface area contributed by atoms with E-state index in [1.807, 2.05) is 6.92 Å². The van der Waals surface area contributed by atoms with Crippen molar-refractivity contribution >= 4 is 28.3 Å². The summed E-state index contributed by atoms with van der Waals surface area (Å²) in [6.07, 6.45) is 1.78.